The zero-order chi connectivity index (χ0) is 14.8. The SMILES string of the molecule is Cc1c(Br)cc(C(=O)O)cc1NC(=O)OC(C)(C)C. The molecule has 5 nitrogen and oxygen atoms in total. The van der Waals surface area contributed by atoms with E-state index in [1.54, 1.807) is 27.7 Å². The first kappa shape index (κ1) is 15.5. The Kier molecular flexibility index (Phi) is 4.57. The Morgan fingerprint density at radius 3 is 2.37 bits per heavy atom. The summed E-state index contributed by atoms with van der Waals surface area (Å²) in [6.07, 6.45) is -0.620. The molecule has 1 amide bonds. The number of rotatable bonds is 2. The maximum absolute atomic E-state index is 11.7. The van der Waals surface area contributed by atoms with Crippen LogP contribution < -0.4 is 5.32 Å². The zero-order valence-electron chi connectivity index (χ0n) is 11.2. The van der Waals surface area contributed by atoms with Crippen LogP contribution in [0.15, 0.2) is 16.6 Å². The third-order valence-corrected chi connectivity index (χ3v) is 3.05. The van der Waals surface area contributed by atoms with Gasteiger partial charge in [-0.25, -0.2) is 9.59 Å². The van der Waals surface area contributed by atoms with Gasteiger partial charge in [0.1, 0.15) is 5.60 Å². The number of hydrogen-bond acceptors (Lipinski definition) is 3. The topological polar surface area (TPSA) is 75.6 Å². The average molecular weight is 330 g/mol. The predicted molar refractivity (Wildman–Crippen MR) is 75.7 cm³/mol. The van der Waals surface area contributed by atoms with Gasteiger partial charge in [0, 0.05) is 10.2 Å². The van der Waals surface area contributed by atoms with Crippen LogP contribution in [-0.2, 0) is 4.74 Å². The molecule has 1 rings (SSSR count). The molecule has 0 saturated heterocycles. The summed E-state index contributed by atoms with van der Waals surface area (Å²) in [5, 5.41) is 11.5. The molecule has 2 N–H and O–H groups in total. The van der Waals surface area contributed by atoms with Crippen molar-refractivity contribution < 1.29 is 19.4 Å². The molecule has 0 aromatic heterocycles. The van der Waals surface area contributed by atoms with Crippen LogP contribution in [0.5, 0.6) is 0 Å². The fourth-order valence-electron chi connectivity index (χ4n) is 1.35. The van der Waals surface area contributed by atoms with Crippen LogP contribution in [0.2, 0.25) is 0 Å². The summed E-state index contributed by atoms with van der Waals surface area (Å²) >= 11 is 3.26. The number of carboxylic acids is 1. The van der Waals surface area contributed by atoms with Crippen molar-refractivity contribution in [1.82, 2.24) is 0 Å². The van der Waals surface area contributed by atoms with E-state index in [0.717, 1.165) is 5.56 Å². The highest BCUT2D eigenvalue weighted by atomic mass is 79.9. The van der Waals surface area contributed by atoms with Crippen LogP contribution >= 0.6 is 15.9 Å². The molecule has 0 aliphatic carbocycles. The molecule has 0 fully saturated rings. The van der Waals surface area contributed by atoms with Crippen LogP contribution in [0.25, 0.3) is 0 Å². The van der Waals surface area contributed by atoms with Crippen LogP contribution in [0.4, 0.5) is 10.5 Å². The first-order chi connectivity index (χ1) is 8.60. The Morgan fingerprint density at radius 2 is 1.89 bits per heavy atom. The van der Waals surface area contributed by atoms with E-state index in [2.05, 4.69) is 21.2 Å². The maximum atomic E-state index is 11.7. The number of aromatic carboxylic acids is 1. The number of halogens is 1. The van der Waals surface area contributed by atoms with Crippen molar-refractivity contribution in [3.8, 4) is 0 Å². The smallest absolute Gasteiger partial charge is 0.412 e. The fourth-order valence-corrected chi connectivity index (χ4v) is 1.81. The van der Waals surface area contributed by atoms with Gasteiger partial charge in [-0.3, -0.25) is 5.32 Å². The highest BCUT2D eigenvalue weighted by Gasteiger charge is 2.18. The fraction of sp³-hybridized carbons (Fsp3) is 0.385. The summed E-state index contributed by atoms with van der Waals surface area (Å²) < 4.78 is 5.73. The van der Waals surface area contributed by atoms with Gasteiger partial charge in [0.05, 0.1) is 5.56 Å². The molecular formula is C13H16BrNO4. The van der Waals surface area contributed by atoms with E-state index < -0.39 is 17.7 Å². The summed E-state index contributed by atoms with van der Waals surface area (Å²) in [6, 6.07) is 2.88. The van der Waals surface area contributed by atoms with Gasteiger partial charge < -0.3 is 9.84 Å². The molecule has 0 aliphatic heterocycles. The van der Waals surface area contributed by atoms with Gasteiger partial charge in [-0.15, -0.1) is 0 Å². The minimum Gasteiger partial charge on any atom is -0.478 e. The molecule has 0 heterocycles. The van der Waals surface area contributed by atoms with Crippen molar-refractivity contribution in [2.24, 2.45) is 0 Å². The maximum Gasteiger partial charge on any atom is 0.412 e. The number of carbonyl (C=O) groups excluding carboxylic acids is 1. The van der Waals surface area contributed by atoms with E-state index in [1.807, 2.05) is 0 Å². The largest absolute Gasteiger partial charge is 0.478 e. The van der Waals surface area contributed by atoms with Gasteiger partial charge in [0.25, 0.3) is 0 Å². The lowest BCUT2D eigenvalue weighted by Crippen LogP contribution is -2.27. The molecule has 0 radical (unpaired) electrons. The van der Waals surface area contributed by atoms with E-state index in [4.69, 9.17) is 9.84 Å². The van der Waals surface area contributed by atoms with Gasteiger partial charge in [0.2, 0.25) is 0 Å². The van der Waals surface area contributed by atoms with Gasteiger partial charge >= 0.3 is 12.1 Å². The van der Waals surface area contributed by atoms with E-state index in [9.17, 15) is 9.59 Å². The highest BCUT2D eigenvalue weighted by Crippen LogP contribution is 2.26. The Morgan fingerprint density at radius 1 is 1.32 bits per heavy atom. The lowest BCUT2D eigenvalue weighted by atomic mass is 10.1. The van der Waals surface area contributed by atoms with E-state index in [0.29, 0.717) is 10.2 Å². The van der Waals surface area contributed by atoms with Crippen LogP contribution in [-0.4, -0.2) is 22.8 Å². The molecule has 0 spiro atoms. The summed E-state index contributed by atoms with van der Waals surface area (Å²) in [4.78, 5) is 22.6. The van der Waals surface area contributed by atoms with Gasteiger partial charge in [-0.1, -0.05) is 15.9 Å². The van der Waals surface area contributed by atoms with E-state index in [-0.39, 0.29) is 5.56 Å². The summed E-state index contributed by atoms with van der Waals surface area (Å²) in [6.45, 7) is 7.03. The van der Waals surface area contributed by atoms with Crippen molar-refractivity contribution >= 4 is 33.7 Å². The second-order valence-corrected chi connectivity index (χ2v) is 5.92. The summed E-state index contributed by atoms with van der Waals surface area (Å²) in [5.41, 5.74) is 0.611. The first-order valence-electron chi connectivity index (χ1n) is 5.63. The van der Waals surface area contributed by atoms with Crippen LogP contribution in [0.3, 0.4) is 0 Å². The standard InChI is InChI=1S/C13H16BrNO4/c1-7-9(14)5-8(11(16)17)6-10(7)15-12(18)19-13(2,3)4/h5-6H,1-4H3,(H,15,18)(H,16,17). The molecule has 0 unspecified atom stereocenters. The number of anilines is 1. The van der Waals surface area contributed by atoms with Crippen molar-refractivity contribution in [1.29, 1.82) is 0 Å². The van der Waals surface area contributed by atoms with E-state index >= 15 is 0 Å². The molecular weight excluding hydrogens is 314 g/mol. The van der Waals surface area contributed by atoms with Gasteiger partial charge in [0.15, 0.2) is 0 Å². The van der Waals surface area contributed by atoms with Crippen molar-refractivity contribution in [2.45, 2.75) is 33.3 Å². The third kappa shape index (κ3) is 4.55. The monoisotopic (exact) mass is 329 g/mol. The van der Waals surface area contributed by atoms with E-state index in [1.165, 1.54) is 12.1 Å². The normalized spacial score (nSPS) is 11.0. The van der Waals surface area contributed by atoms with Crippen LogP contribution in [0, 0.1) is 6.92 Å². The minimum atomic E-state index is -1.06. The molecule has 1 aromatic rings. The lowest BCUT2D eigenvalue weighted by molar-refractivity contribution is 0.0632. The molecule has 0 saturated carbocycles. The number of amides is 1. The second kappa shape index (κ2) is 5.61. The number of benzene rings is 1. The van der Waals surface area contributed by atoms with Crippen molar-refractivity contribution in [3.63, 3.8) is 0 Å². The number of hydrogen-bond donors (Lipinski definition) is 2. The lowest BCUT2D eigenvalue weighted by Gasteiger charge is -2.20. The van der Waals surface area contributed by atoms with Gasteiger partial charge in [-0.05, 0) is 45.4 Å². The summed E-state index contributed by atoms with van der Waals surface area (Å²) in [5.74, 6) is -1.06. The predicted octanol–water partition coefficient (Wildman–Crippen LogP) is 3.80. The quantitative estimate of drug-likeness (QED) is 0.865. The Labute approximate surface area is 120 Å². The van der Waals surface area contributed by atoms with Gasteiger partial charge in [-0.2, -0.15) is 0 Å². The van der Waals surface area contributed by atoms with Crippen LogP contribution in [0.1, 0.15) is 36.7 Å². The Bertz CT molecular complexity index is 520. The minimum absolute atomic E-state index is 0.0866. The number of ether oxygens (including phenoxy) is 1. The van der Waals surface area contributed by atoms with Crippen molar-refractivity contribution in [2.75, 3.05) is 5.32 Å². The molecule has 6 heteroatoms. The first-order valence-corrected chi connectivity index (χ1v) is 6.43. The number of carboxylic acid groups (broad SMARTS) is 1. The Balaban J connectivity index is 3.01. The molecule has 0 aliphatic rings. The molecule has 0 atom stereocenters. The molecule has 104 valence electrons. The highest BCUT2D eigenvalue weighted by molar-refractivity contribution is 9.10. The number of carbonyl (C=O) groups is 2. The van der Waals surface area contributed by atoms with Crippen molar-refractivity contribution in [3.05, 3.63) is 27.7 Å². The molecule has 1 aromatic carbocycles. The zero-order valence-corrected chi connectivity index (χ0v) is 12.8. The summed E-state index contributed by atoms with van der Waals surface area (Å²) in [7, 11) is 0. The Hall–Kier alpha value is -1.56. The molecule has 19 heavy (non-hydrogen) atoms. The third-order valence-electron chi connectivity index (χ3n) is 2.23. The average Bonchev–Trinajstić information content (AvgIpc) is 2.21. The second-order valence-electron chi connectivity index (χ2n) is 5.06. The molecule has 0 bridgehead atoms. The number of nitrogens with one attached hydrogen (secondary N) is 1.